The molecule has 0 saturated carbocycles. The van der Waals surface area contributed by atoms with Gasteiger partial charge in [0.25, 0.3) is 0 Å². The van der Waals surface area contributed by atoms with E-state index in [0.717, 1.165) is 21.9 Å². The molecular formula is C26H24N4O5. The maximum atomic E-state index is 12.5. The van der Waals surface area contributed by atoms with Gasteiger partial charge in [-0.1, -0.05) is 30.3 Å². The van der Waals surface area contributed by atoms with E-state index in [-0.39, 0.29) is 0 Å². The number of furan rings is 1. The van der Waals surface area contributed by atoms with Crippen LogP contribution in [0.2, 0.25) is 0 Å². The van der Waals surface area contributed by atoms with Gasteiger partial charge in [-0.2, -0.15) is 0 Å². The Morgan fingerprint density at radius 3 is 2.43 bits per heavy atom. The molecule has 3 aromatic carbocycles. The molecule has 0 aliphatic heterocycles. The van der Waals surface area contributed by atoms with Gasteiger partial charge in [-0.25, -0.2) is 0 Å². The molecule has 0 radical (unpaired) electrons. The summed E-state index contributed by atoms with van der Waals surface area (Å²) in [6.07, 6.45) is 1.24. The van der Waals surface area contributed by atoms with E-state index in [9.17, 15) is 14.4 Å². The number of para-hydroxylation sites is 1. The number of aryl methyl sites for hydroxylation is 1. The lowest BCUT2D eigenvalue weighted by atomic mass is 10.1. The third kappa shape index (κ3) is 5.41. The summed E-state index contributed by atoms with van der Waals surface area (Å²) in [4.78, 5) is 36.7. The van der Waals surface area contributed by atoms with Crippen LogP contribution in [0.3, 0.4) is 0 Å². The molecule has 1 heterocycles. The molecule has 3 amide bonds. The van der Waals surface area contributed by atoms with Gasteiger partial charge in [0.2, 0.25) is 5.91 Å². The van der Waals surface area contributed by atoms with E-state index in [0.29, 0.717) is 28.4 Å². The molecule has 4 N–H and O–H groups in total. The Labute approximate surface area is 201 Å². The normalized spacial score (nSPS) is 11.2. The number of methoxy groups -OCH3 is 1. The molecule has 0 saturated heterocycles. The Morgan fingerprint density at radius 1 is 0.857 bits per heavy atom. The highest BCUT2D eigenvalue weighted by molar-refractivity contribution is 6.39. The molecule has 0 fully saturated rings. The van der Waals surface area contributed by atoms with Gasteiger partial charge < -0.3 is 25.2 Å². The van der Waals surface area contributed by atoms with Gasteiger partial charge in [-0.3, -0.25) is 19.8 Å². The zero-order chi connectivity index (χ0) is 24.9. The van der Waals surface area contributed by atoms with Crippen molar-refractivity contribution in [3.8, 4) is 5.75 Å². The lowest BCUT2D eigenvalue weighted by molar-refractivity contribution is -0.136. The summed E-state index contributed by atoms with van der Waals surface area (Å²) < 4.78 is 11.3. The second-order valence-corrected chi connectivity index (χ2v) is 7.87. The number of hydrazine groups is 1. The van der Waals surface area contributed by atoms with Crippen LogP contribution in [0.1, 0.15) is 12.5 Å². The van der Waals surface area contributed by atoms with E-state index in [4.69, 9.17) is 9.15 Å². The van der Waals surface area contributed by atoms with Crippen molar-refractivity contribution in [1.29, 1.82) is 0 Å². The summed E-state index contributed by atoms with van der Waals surface area (Å²) in [5.74, 6) is -1.75. The zero-order valence-corrected chi connectivity index (χ0v) is 19.4. The third-order valence-electron chi connectivity index (χ3n) is 5.16. The van der Waals surface area contributed by atoms with Crippen molar-refractivity contribution in [2.24, 2.45) is 0 Å². The quantitative estimate of drug-likeness (QED) is 0.191. The number of fused-ring (bicyclic) bond motifs is 3. The summed E-state index contributed by atoms with van der Waals surface area (Å²) in [5, 5.41) is 7.06. The van der Waals surface area contributed by atoms with Gasteiger partial charge in [-0.15, -0.1) is 0 Å². The first-order chi connectivity index (χ1) is 16.8. The predicted molar refractivity (Wildman–Crippen MR) is 134 cm³/mol. The molecule has 0 aliphatic carbocycles. The van der Waals surface area contributed by atoms with E-state index in [1.165, 1.54) is 13.2 Å². The summed E-state index contributed by atoms with van der Waals surface area (Å²) in [6, 6.07) is 18.2. The Morgan fingerprint density at radius 2 is 1.66 bits per heavy atom. The van der Waals surface area contributed by atoms with Crippen LogP contribution in [0.25, 0.3) is 21.9 Å². The molecule has 9 nitrogen and oxygen atoms in total. The smallest absolute Gasteiger partial charge is 0.327 e. The number of hydrogen-bond donors (Lipinski definition) is 4. The fourth-order valence-electron chi connectivity index (χ4n) is 3.54. The number of carbonyl (C=O) groups excluding carboxylic acids is 3. The van der Waals surface area contributed by atoms with Crippen molar-refractivity contribution in [2.45, 2.75) is 13.8 Å². The number of benzene rings is 3. The summed E-state index contributed by atoms with van der Waals surface area (Å²) >= 11 is 0. The first kappa shape index (κ1) is 23.4. The summed E-state index contributed by atoms with van der Waals surface area (Å²) in [7, 11) is 1.51. The average molecular weight is 473 g/mol. The minimum absolute atomic E-state index is 0.308. The molecule has 0 bridgehead atoms. The van der Waals surface area contributed by atoms with Crippen molar-refractivity contribution in [2.75, 3.05) is 17.7 Å². The first-order valence-corrected chi connectivity index (χ1v) is 10.8. The van der Waals surface area contributed by atoms with Crippen molar-refractivity contribution < 1.29 is 23.5 Å². The van der Waals surface area contributed by atoms with Crippen LogP contribution in [0.15, 0.2) is 76.9 Å². The van der Waals surface area contributed by atoms with Crippen LogP contribution in [-0.2, 0) is 14.4 Å². The number of amides is 3. The largest absolute Gasteiger partial charge is 0.495 e. The Hall–Kier alpha value is -4.79. The predicted octanol–water partition coefficient (Wildman–Crippen LogP) is 4.00. The molecule has 35 heavy (non-hydrogen) atoms. The number of anilines is 2. The monoisotopic (exact) mass is 472 g/mol. The van der Waals surface area contributed by atoms with Crippen molar-refractivity contribution in [3.63, 3.8) is 0 Å². The molecule has 4 aromatic rings. The minimum atomic E-state index is -0.906. The number of carbonyl (C=O) groups is 3. The highest BCUT2D eigenvalue weighted by atomic mass is 16.5. The maximum absolute atomic E-state index is 12.5. The molecule has 1 aromatic heterocycles. The third-order valence-corrected chi connectivity index (χ3v) is 5.16. The number of allylic oxidation sites excluding steroid dienone is 1. The van der Waals surface area contributed by atoms with E-state index in [1.54, 1.807) is 37.3 Å². The SMILES string of the molecule is COc1cc2c(cc1NC(=O)C=C(C)NNC(=O)C(=O)Nc1cccc(C)c1)oc1ccccc12. The van der Waals surface area contributed by atoms with Crippen LogP contribution in [0.5, 0.6) is 5.75 Å². The molecule has 9 heteroatoms. The van der Waals surface area contributed by atoms with Crippen LogP contribution in [-0.4, -0.2) is 24.8 Å². The van der Waals surface area contributed by atoms with Gasteiger partial charge in [0, 0.05) is 34.3 Å². The summed E-state index contributed by atoms with van der Waals surface area (Å²) in [5.41, 5.74) is 8.33. The fourth-order valence-corrected chi connectivity index (χ4v) is 3.54. The molecule has 0 aliphatic rings. The molecular weight excluding hydrogens is 448 g/mol. The molecule has 4 rings (SSSR count). The highest BCUT2D eigenvalue weighted by Gasteiger charge is 2.15. The number of nitrogens with one attached hydrogen (secondary N) is 4. The standard InChI is InChI=1S/C26H24N4O5/c1-15-7-6-8-17(11-15)27-25(32)26(33)30-29-16(2)12-24(31)28-20-14-22-19(13-23(20)34-3)18-9-4-5-10-21(18)35-22/h4-14,29H,1-3H3,(H,27,32)(H,28,31)(H,30,33). The molecule has 0 spiro atoms. The lowest BCUT2D eigenvalue weighted by Crippen LogP contribution is -2.43. The van der Waals surface area contributed by atoms with Gasteiger partial charge >= 0.3 is 11.8 Å². The lowest BCUT2D eigenvalue weighted by Gasteiger charge is -2.11. The number of ether oxygens (including phenoxy) is 1. The molecule has 178 valence electrons. The van der Waals surface area contributed by atoms with Gasteiger partial charge in [0.05, 0.1) is 12.8 Å². The number of hydrogen-bond acceptors (Lipinski definition) is 6. The van der Waals surface area contributed by atoms with E-state index in [1.807, 2.05) is 37.3 Å². The van der Waals surface area contributed by atoms with Gasteiger partial charge in [0.15, 0.2) is 0 Å². The van der Waals surface area contributed by atoms with Crippen LogP contribution >= 0.6 is 0 Å². The second-order valence-electron chi connectivity index (χ2n) is 7.87. The Kier molecular flexibility index (Phi) is 6.68. The van der Waals surface area contributed by atoms with Crippen LogP contribution in [0.4, 0.5) is 11.4 Å². The average Bonchev–Trinajstić information content (AvgIpc) is 3.19. The Balaban J connectivity index is 1.39. The van der Waals surface area contributed by atoms with Crippen LogP contribution < -0.4 is 26.2 Å². The van der Waals surface area contributed by atoms with E-state index >= 15 is 0 Å². The zero-order valence-electron chi connectivity index (χ0n) is 19.4. The fraction of sp³-hybridized carbons (Fsp3) is 0.115. The van der Waals surface area contributed by atoms with E-state index in [2.05, 4.69) is 21.5 Å². The maximum Gasteiger partial charge on any atom is 0.327 e. The number of rotatable bonds is 6. The molecule has 0 atom stereocenters. The van der Waals surface area contributed by atoms with Gasteiger partial charge in [-0.05, 0) is 43.7 Å². The highest BCUT2D eigenvalue weighted by Crippen LogP contribution is 2.36. The van der Waals surface area contributed by atoms with Crippen molar-refractivity contribution in [1.82, 2.24) is 10.9 Å². The van der Waals surface area contributed by atoms with Crippen LogP contribution in [0, 0.1) is 6.92 Å². The minimum Gasteiger partial charge on any atom is -0.495 e. The van der Waals surface area contributed by atoms with Crippen molar-refractivity contribution >= 4 is 51.0 Å². The van der Waals surface area contributed by atoms with E-state index < -0.39 is 17.7 Å². The topological polar surface area (TPSA) is 122 Å². The summed E-state index contributed by atoms with van der Waals surface area (Å²) in [6.45, 7) is 3.44. The second kappa shape index (κ2) is 10.0. The first-order valence-electron chi connectivity index (χ1n) is 10.8. The van der Waals surface area contributed by atoms with Gasteiger partial charge in [0.1, 0.15) is 16.9 Å². The molecule has 0 unspecified atom stereocenters. The van der Waals surface area contributed by atoms with Crippen molar-refractivity contribution in [3.05, 3.63) is 78.0 Å². The Bertz CT molecular complexity index is 1470.